The maximum atomic E-state index is 10.5. The maximum Gasteiger partial charge on any atom is 0.333 e. The van der Waals surface area contributed by atoms with E-state index in [1.807, 2.05) is 44.1 Å². The number of rotatable bonds is 4. The molecule has 0 saturated heterocycles. The summed E-state index contributed by atoms with van der Waals surface area (Å²) in [6.45, 7) is 7.14. The average Bonchev–Trinajstić information content (AvgIpc) is 2.40. The molecule has 1 aromatic rings. The third-order valence-corrected chi connectivity index (χ3v) is 2.53. The van der Waals surface area contributed by atoms with E-state index in [1.165, 1.54) is 0 Å². The maximum absolute atomic E-state index is 10.5. The molecule has 1 N–H and O–H groups in total. The van der Waals surface area contributed by atoms with Crippen LogP contribution in [0.3, 0.4) is 0 Å². The molecule has 0 aliphatic carbocycles. The van der Waals surface area contributed by atoms with Gasteiger partial charge in [-0.15, -0.1) is 0 Å². The molecule has 0 amide bonds. The number of hydrogen-bond donors (Lipinski definition) is 1. The van der Waals surface area contributed by atoms with Crippen molar-refractivity contribution >= 4 is 12.0 Å². The third kappa shape index (κ3) is 6.41. The fourth-order valence-electron chi connectivity index (χ4n) is 1.54. The summed E-state index contributed by atoms with van der Waals surface area (Å²) in [5.74, 6) is -0.837. The fourth-order valence-corrected chi connectivity index (χ4v) is 1.54. The first-order valence-corrected chi connectivity index (χ1v) is 6.07. The molecule has 0 atom stereocenters. The van der Waals surface area contributed by atoms with E-state index in [0.29, 0.717) is 5.57 Å². The van der Waals surface area contributed by atoms with Crippen LogP contribution in [0.25, 0.3) is 6.08 Å². The van der Waals surface area contributed by atoms with Gasteiger partial charge in [0.05, 0.1) is 11.3 Å². The van der Waals surface area contributed by atoms with Gasteiger partial charge in [-0.3, -0.25) is 4.98 Å². The van der Waals surface area contributed by atoms with Gasteiger partial charge in [0.1, 0.15) is 0 Å². The molecule has 1 aromatic heterocycles. The monoisotopic (exact) mass is 262 g/mol. The van der Waals surface area contributed by atoms with Gasteiger partial charge in [-0.25, -0.2) is 4.79 Å². The van der Waals surface area contributed by atoms with Crippen molar-refractivity contribution < 1.29 is 9.90 Å². The second-order valence-electron chi connectivity index (χ2n) is 4.08. The Kier molecular flexibility index (Phi) is 7.93. The Balaban J connectivity index is 0.000000356. The number of carboxylic acids is 1. The van der Waals surface area contributed by atoms with Crippen molar-refractivity contribution in [3.8, 4) is 0 Å². The van der Waals surface area contributed by atoms with Crippen LogP contribution in [0.1, 0.15) is 26.0 Å². The normalized spacial score (nSPS) is 10.7. The number of aliphatic carboxylic acids is 1. The van der Waals surface area contributed by atoms with Gasteiger partial charge in [-0.1, -0.05) is 19.6 Å². The van der Waals surface area contributed by atoms with Crippen LogP contribution in [-0.2, 0) is 4.79 Å². The van der Waals surface area contributed by atoms with Gasteiger partial charge in [0.25, 0.3) is 0 Å². The Morgan fingerprint density at radius 1 is 1.47 bits per heavy atom. The highest BCUT2D eigenvalue weighted by molar-refractivity contribution is 5.86. The Labute approximate surface area is 115 Å². The molecule has 4 nitrogen and oxygen atoms in total. The molecule has 0 unspecified atom stereocenters. The van der Waals surface area contributed by atoms with Gasteiger partial charge in [-0.05, 0) is 31.6 Å². The van der Waals surface area contributed by atoms with E-state index < -0.39 is 5.97 Å². The minimum absolute atomic E-state index is 0.428. The molecule has 0 aromatic carbocycles. The number of hydrogen-bond acceptors (Lipinski definition) is 3. The first kappa shape index (κ1) is 16.9. The van der Waals surface area contributed by atoms with Crippen molar-refractivity contribution in [3.05, 3.63) is 47.9 Å². The lowest BCUT2D eigenvalue weighted by molar-refractivity contribution is -0.132. The zero-order chi connectivity index (χ0) is 14.8. The highest BCUT2D eigenvalue weighted by atomic mass is 16.4. The predicted octanol–water partition coefficient (Wildman–Crippen LogP) is 3.04. The number of pyridine rings is 1. The van der Waals surface area contributed by atoms with Crippen molar-refractivity contribution in [3.63, 3.8) is 0 Å². The number of nitrogens with zero attached hydrogens (tertiary/aromatic N) is 2. The van der Waals surface area contributed by atoms with Crippen LogP contribution >= 0.6 is 0 Å². The van der Waals surface area contributed by atoms with E-state index in [9.17, 15) is 4.79 Å². The van der Waals surface area contributed by atoms with Gasteiger partial charge < -0.3 is 10.0 Å². The molecule has 0 radical (unpaired) electrons. The van der Waals surface area contributed by atoms with Crippen molar-refractivity contribution in [1.82, 2.24) is 9.88 Å². The second kappa shape index (κ2) is 8.91. The quantitative estimate of drug-likeness (QED) is 0.847. The summed E-state index contributed by atoms with van der Waals surface area (Å²) in [5.41, 5.74) is 2.22. The molecule has 0 bridgehead atoms. The largest absolute Gasteiger partial charge is 0.478 e. The summed E-state index contributed by atoms with van der Waals surface area (Å²) in [6.07, 6.45) is 4.22. The van der Waals surface area contributed by atoms with Gasteiger partial charge in [0, 0.05) is 26.0 Å². The van der Waals surface area contributed by atoms with Crippen LogP contribution < -0.4 is 0 Å². The second-order valence-corrected chi connectivity index (χ2v) is 4.08. The molecule has 0 saturated carbocycles. The lowest BCUT2D eigenvalue weighted by atomic mass is 10.2. The number of carbonyl (C=O) groups is 1. The standard InChI is InChI=1S/C8H15NO2.C7H7N/c1-5-7(9(3)4)6(2)8(10)11;1-2-7-5-3-4-6-8-7/h5H2,1-4H3,(H,10,11);2-6H,1H2/b7-6+;. The molecule has 0 spiro atoms. The van der Waals surface area contributed by atoms with Gasteiger partial charge in [0.2, 0.25) is 0 Å². The summed E-state index contributed by atoms with van der Waals surface area (Å²) in [7, 11) is 3.70. The molecule has 0 fully saturated rings. The van der Waals surface area contributed by atoms with E-state index in [-0.39, 0.29) is 0 Å². The first-order chi connectivity index (χ1) is 8.93. The lowest BCUT2D eigenvalue weighted by Gasteiger charge is -2.17. The van der Waals surface area contributed by atoms with E-state index >= 15 is 0 Å². The molecule has 104 valence electrons. The molecule has 1 rings (SSSR count). The molecule has 1 heterocycles. The van der Waals surface area contributed by atoms with E-state index in [4.69, 9.17) is 5.11 Å². The molecule has 0 aliphatic rings. The molecular formula is C15H22N2O2. The zero-order valence-corrected chi connectivity index (χ0v) is 12.1. The summed E-state index contributed by atoms with van der Waals surface area (Å²) in [4.78, 5) is 16.3. The van der Waals surface area contributed by atoms with Gasteiger partial charge in [0.15, 0.2) is 0 Å². The van der Waals surface area contributed by atoms with Crippen LogP contribution in [0.2, 0.25) is 0 Å². The highest BCUT2D eigenvalue weighted by Crippen LogP contribution is 2.10. The van der Waals surface area contributed by atoms with Crippen LogP contribution in [-0.4, -0.2) is 35.1 Å². The minimum Gasteiger partial charge on any atom is -0.478 e. The van der Waals surface area contributed by atoms with Crippen molar-refractivity contribution in [2.45, 2.75) is 20.3 Å². The van der Waals surface area contributed by atoms with Gasteiger partial charge in [-0.2, -0.15) is 0 Å². The number of carboxylic acid groups (broad SMARTS) is 1. The first-order valence-electron chi connectivity index (χ1n) is 6.07. The molecule has 19 heavy (non-hydrogen) atoms. The van der Waals surface area contributed by atoms with Gasteiger partial charge >= 0.3 is 5.97 Å². The van der Waals surface area contributed by atoms with Crippen molar-refractivity contribution in [2.75, 3.05) is 14.1 Å². The average molecular weight is 262 g/mol. The Morgan fingerprint density at radius 3 is 2.32 bits per heavy atom. The molecule has 4 heteroatoms. The van der Waals surface area contributed by atoms with E-state index in [0.717, 1.165) is 17.8 Å². The summed E-state index contributed by atoms with van der Waals surface area (Å²) in [6, 6.07) is 5.73. The van der Waals surface area contributed by atoms with Crippen LogP contribution in [0.15, 0.2) is 42.2 Å². The zero-order valence-electron chi connectivity index (χ0n) is 12.1. The Hall–Kier alpha value is -2.10. The smallest absolute Gasteiger partial charge is 0.333 e. The Bertz CT molecular complexity index is 437. The minimum atomic E-state index is -0.837. The van der Waals surface area contributed by atoms with Crippen LogP contribution in [0, 0.1) is 0 Å². The summed E-state index contributed by atoms with van der Waals surface area (Å²) in [5, 5.41) is 8.65. The van der Waals surface area contributed by atoms with Crippen molar-refractivity contribution in [2.24, 2.45) is 0 Å². The summed E-state index contributed by atoms with van der Waals surface area (Å²) >= 11 is 0. The SMILES string of the molecule is C=Cc1ccccn1.CC/C(=C(/C)C(=O)O)N(C)C. The van der Waals surface area contributed by atoms with Crippen LogP contribution in [0.4, 0.5) is 0 Å². The van der Waals surface area contributed by atoms with Crippen molar-refractivity contribution in [1.29, 1.82) is 0 Å². The molecular weight excluding hydrogens is 240 g/mol. The number of allylic oxidation sites excluding steroid dienone is 1. The third-order valence-electron chi connectivity index (χ3n) is 2.53. The highest BCUT2D eigenvalue weighted by Gasteiger charge is 2.08. The van der Waals surface area contributed by atoms with E-state index in [1.54, 1.807) is 19.2 Å². The number of aromatic nitrogens is 1. The fraction of sp³-hybridized carbons (Fsp3) is 0.333. The topological polar surface area (TPSA) is 53.4 Å². The molecule has 0 aliphatic heterocycles. The van der Waals surface area contributed by atoms with E-state index in [2.05, 4.69) is 11.6 Å². The summed E-state index contributed by atoms with van der Waals surface area (Å²) < 4.78 is 0. The van der Waals surface area contributed by atoms with Crippen LogP contribution in [0.5, 0.6) is 0 Å². The lowest BCUT2D eigenvalue weighted by Crippen LogP contribution is -2.15. The Morgan fingerprint density at radius 2 is 2.11 bits per heavy atom. The predicted molar refractivity (Wildman–Crippen MR) is 78.6 cm³/mol.